The van der Waals surface area contributed by atoms with Gasteiger partial charge in [-0.05, 0) is 54.4 Å². The first-order valence-corrected chi connectivity index (χ1v) is 15.2. The van der Waals surface area contributed by atoms with E-state index in [4.69, 9.17) is 23.2 Å². The van der Waals surface area contributed by atoms with E-state index in [0.29, 0.717) is 27.8 Å². The second-order valence-corrected chi connectivity index (χ2v) is 12.3. The van der Waals surface area contributed by atoms with Crippen LogP contribution in [-0.4, -0.2) is 50.5 Å². The monoisotopic (exact) mass is 639 g/mol. The van der Waals surface area contributed by atoms with E-state index in [9.17, 15) is 18.0 Å². The zero-order valence-electron chi connectivity index (χ0n) is 20.9. The predicted molar refractivity (Wildman–Crippen MR) is 156 cm³/mol. The molecule has 3 aromatic carbocycles. The van der Waals surface area contributed by atoms with Gasteiger partial charge >= 0.3 is 0 Å². The number of hydrogen-bond donors (Lipinski definition) is 1. The van der Waals surface area contributed by atoms with Crippen molar-refractivity contribution in [1.29, 1.82) is 0 Å². The van der Waals surface area contributed by atoms with Crippen molar-refractivity contribution in [2.45, 2.75) is 25.9 Å². The summed E-state index contributed by atoms with van der Waals surface area (Å²) in [5.41, 5.74) is 1.82. The highest BCUT2D eigenvalue weighted by Gasteiger charge is 2.33. The minimum absolute atomic E-state index is 0.0162. The first-order chi connectivity index (χ1) is 18.0. The molecule has 0 bridgehead atoms. The van der Waals surface area contributed by atoms with Crippen LogP contribution in [0.25, 0.3) is 0 Å². The molecule has 3 aromatic rings. The molecule has 0 aromatic heterocycles. The van der Waals surface area contributed by atoms with Gasteiger partial charge in [-0.15, -0.1) is 0 Å². The molecule has 0 unspecified atom stereocenters. The third-order valence-electron chi connectivity index (χ3n) is 5.75. The van der Waals surface area contributed by atoms with E-state index >= 15 is 0 Å². The normalized spacial score (nSPS) is 12.0. The van der Waals surface area contributed by atoms with Gasteiger partial charge in [0.15, 0.2) is 0 Å². The van der Waals surface area contributed by atoms with Crippen LogP contribution in [0.1, 0.15) is 18.1 Å². The third kappa shape index (κ3) is 8.20. The van der Waals surface area contributed by atoms with Gasteiger partial charge in [-0.25, -0.2) is 8.42 Å². The topological polar surface area (TPSA) is 86.8 Å². The van der Waals surface area contributed by atoms with Gasteiger partial charge in [-0.1, -0.05) is 75.5 Å². The number of sulfonamides is 1. The van der Waals surface area contributed by atoms with Crippen molar-refractivity contribution >= 4 is 66.7 Å². The van der Waals surface area contributed by atoms with E-state index in [-0.39, 0.29) is 18.9 Å². The summed E-state index contributed by atoms with van der Waals surface area (Å²) in [5.74, 6) is -0.893. The van der Waals surface area contributed by atoms with E-state index in [1.54, 1.807) is 49.4 Å². The third-order valence-corrected chi connectivity index (χ3v) is 8.16. The smallest absolute Gasteiger partial charge is 0.244 e. The van der Waals surface area contributed by atoms with Crippen molar-refractivity contribution in [1.82, 2.24) is 10.2 Å². The molecule has 0 aliphatic rings. The summed E-state index contributed by atoms with van der Waals surface area (Å²) >= 11 is 15.7. The van der Waals surface area contributed by atoms with E-state index < -0.39 is 28.5 Å². The standard InChI is InChI=1S/C27H28BrCl2N3O4S/c1-3-31-27(35)25(16-19-7-5-4-6-8-19)32(17-20-9-14-23(29)24(30)15-20)26(34)18-33(38(2,36)37)22-12-10-21(28)11-13-22/h4-15,25H,3,16-18H2,1-2H3,(H,31,35)/t25-/m0/s1. The Balaban J connectivity index is 2.05. The number of nitrogens with one attached hydrogen (secondary N) is 1. The molecule has 202 valence electrons. The van der Waals surface area contributed by atoms with Crippen molar-refractivity contribution in [2.24, 2.45) is 0 Å². The molecule has 1 atom stereocenters. The zero-order valence-corrected chi connectivity index (χ0v) is 24.8. The molecule has 0 aliphatic carbocycles. The van der Waals surface area contributed by atoms with Gasteiger partial charge in [0.05, 0.1) is 22.0 Å². The maximum atomic E-state index is 13.9. The molecule has 2 amide bonds. The lowest BCUT2D eigenvalue weighted by atomic mass is 10.0. The fourth-order valence-corrected chi connectivity index (χ4v) is 5.34. The molecule has 0 spiro atoms. The highest BCUT2D eigenvalue weighted by atomic mass is 79.9. The van der Waals surface area contributed by atoms with Gasteiger partial charge in [0, 0.05) is 24.0 Å². The maximum Gasteiger partial charge on any atom is 0.244 e. The van der Waals surface area contributed by atoms with Crippen molar-refractivity contribution < 1.29 is 18.0 Å². The molecule has 0 aliphatic heterocycles. The molecular formula is C27H28BrCl2N3O4S. The van der Waals surface area contributed by atoms with Gasteiger partial charge < -0.3 is 10.2 Å². The van der Waals surface area contributed by atoms with Crippen molar-refractivity contribution in [3.05, 3.63) is 98.4 Å². The molecule has 0 radical (unpaired) electrons. The number of anilines is 1. The molecule has 3 rings (SSSR count). The summed E-state index contributed by atoms with van der Waals surface area (Å²) in [5, 5.41) is 3.48. The molecule has 0 saturated heterocycles. The number of nitrogens with zero attached hydrogens (tertiary/aromatic N) is 2. The average molecular weight is 641 g/mol. The molecule has 0 saturated carbocycles. The van der Waals surface area contributed by atoms with Crippen molar-refractivity contribution in [3.63, 3.8) is 0 Å². The fraction of sp³-hybridized carbons (Fsp3) is 0.259. The summed E-state index contributed by atoms with van der Waals surface area (Å²) in [7, 11) is -3.83. The molecule has 0 fully saturated rings. The van der Waals surface area contributed by atoms with E-state index in [0.717, 1.165) is 20.6 Å². The van der Waals surface area contributed by atoms with Crippen LogP contribution in [0.4, 0.5) is 5.69 Å². The molecule has 1 N–H and O–H groups in total. The highest BCUT2D eigenvalue weighted by molar-refractivity contribution is 9.10. The average Bonchev–Trinajstić information content (AvgIpc) is 2.87. The molecule has 7 nitrogen and oxygen atoms in total. The van der Waals surface area contributed by atoms with Crippen LogP contribution in [0.2, 0.25) is 10.0 Å². The van der Waals surface area contributed by atoms with Crippen molar-refractivity contribution in [2.75, 3.05) is 23.7 Å². The molecular weight excluding hydrogens is 613 g/mol. The Morgan fingerprint density at radius 3 is 2.18 bits per heavy atom. The first-order valence-electron chi connectivity index (χ1n) is 11.8. The number of carbonyl (C=O) groups excluding carboxylic acids is 2. The summed E-state index contributed by atoms with van der Waals surface area (Å²) in [6.45, 7) is 1.68. The number of halogens is 3. The Labute approximate surface area is 241 Å². The largest absolute Gasteiger partial charge is 0.355 e. The van der Waals surface area contributed by atoms with Crippen LogP contribution in [0.3, 0.4) is 0 Å². The van der Waals surface area contributed by atoms with Gasteiger partial charge in [-0.2, -0.15) is 0 Å². The number of rotatable bonds is 11. The number of benzene rings is 3. The van der Waals surface area contributed by atoms with Crippen LogP contribution in [0.5, 0.6) is 0 Å². The summed E-state index contributed by atoms with van der Waals surface area (Å²) in [6.07, 6.45) is 1.27. The molecule has 0 heterocycles. The molecule has 38 heavy (non-hydrogen) atoms. The van der Waals surface area contributed by atoms with E-state index in [1.807, 2.05) is 30.3 Å². The Morgan fingerprint density at radius 1 is 0.947 bits per heavy atom. The summed E-state index contributed by atoms with van der Waals surface area (Å²) < 4.78 is 27.3. The van der Waals surface area contributed by atoms with Gasteiger partial charge in [-0.3, -0.25) is 13.9 Å². The molecule has 11 heteroatoms. The minimum atomic E-state index is -3.83. The number of likely N-dealkylation sites (N-methyl/N-ethyl adjacent to an activating group) is 1. The second kappa shape index (κ2) is 13.5. The Bertz CT molecular complexity index is 1370. The lowest BCUT2D eigenvalue weighted by Crippen LogP contribution is -2.53. The van der Waals surface area contributed by atoms with Crippen LogP contribution in [0.15, 0.2) is 77.3 Å². The van der Waals surface area contributed by atoms with Crippen LogP contribution in [-0.2, 0) is 32.6 Å². The second-order valence-electron chi connectivity index (χ2n) is 8.62. The van der Waals surface area contributed by atoms with Gasteiger partial charge in [0.2, 0.25) is 21.8 Å². The SMILES string of the molecule is CCNC(=O)[C@H](Cc1ccccc1)N(Cc1ccc(Cl)c(Cl)c1)C(=O)CN(c1ccc(Br)cc1)S(C)(=O)=O. The Kier molecular flexibility index (Phi) is 10.6. The van der Waals surface area contributed by atoms with Crippen molar-refractivity contribution in [3.8, 4) is 0 Å². The fourth-order valence-electron chi connectivity index (χ4n) is 3.90. The lowest BCUT2D eigenvalue weighted by Gasteiger charge is -2.33. The van der Waals surface area contributed by atoms with E-state index in [1.165, 1.54) is 4.90 Å². The maximum absolute atomic E-state index is 13.9. The zero-order chi connectivity index (χ0) is 27.9. The summed E-state index contributed by atoms with van der Waals surface area (Å²) in [4.78, 5) is 28.6. The quantitative estimate of drug-likeness (QED) is 0.308. The van der Waals surface area contributed by atoms with Crippen LogP contribution < -0.4 is 9.62 Å². The van der Waals surface area contributed by atoms with Gasteiger partial charge in [0.1, 0.15) is 12.6 Å². The van der Waals surface area contributed by atoms with Gasteiger partial charge in [0.25, 0.3) is 0 Å². The highest BCUT2D eigenvalue weighted by Crippen LogP contribution is 2.25. The van der Waals surface area contributed by atoms with Crippen LogP contribution in [0, 0.1) is 0 Å². The Morgan fingerprint density at radius 2 is 1.61 bits per heavy atom. The van der Waals surface area contributed by atoms with E-state index in [2.05, 4.69) is 21.2 Å². The lowest BCUT2D eigenvalue weighted by molar-refractivity contribution is -0.140. The first kappa shape index (κ1) is 30.0. The Hall–Kier alpha value is -2.59. The minimum Gasteiger partial charge on any atom is -0.355 e. The van der Waals surface area contributed by atoms with Crippen LogP contribution >= 0.6 is 39.1 Å². The number of carbonyl (C=O) groups is 2. The number of amides is 2. The summed E-state index contributed by atoms with van der Waals surface area (Å²) in [6, 6.07) is 20.0. The predicted octanol–water partition coefficient (Wildman–Crippen LogP) is 5.30. The number of hydrogen-bond acceptors (Lipinski definition) is 4.